The van der Waals surface area contributed by atoms with Crippen LogP contribution in [0.3, 0.4) is 0 Å². The topological polar surface area (TPSA) is 85.1 Å². The second kappa shape index (κ2) is 6.89. The molecule has 1 heterocycles. The number of benzene rings is 3. The fraction of sp³-hybridized carbons (Fsp3) is 0.0526. The van der Waals surface area contributed by atoms with Gasteiger partial charge in [0.2, 0.25) is 5.82 Å². The van der Waals surface area contributed by atoms with Gasteiger partial charge in [0, 0.05) is 11.3 Å². The molecule has 4 rings (SSSR count). The Bertz CT molecular complexity index is 1280. The third-order valence-corrected chi connectivity index (χ3v) is 5.47. The molecule has 0 fully saturated rings. The van der Waals surface area contributed by atoms with E-state index >= 15 is 0 Å². The van der Waals surface area contributed by atoms with E-state index in [0.29, 0.717) is 0 Å². The van der Waals surface area contributed by atoms with Crippen LogP contribution in [0.5, 0.6) is 0 Å². The molecule has 0 aliphatic carbocycles. The van der Waals surface area contributed by atoms with E-state index in [-0.39, 0.29) is 22.0 Å². The highest BCUT2D eigenvalue weighted by atomic mass is 32.2. The summed E-state index contributed by atoms with van der Waals surface area (Å²) in [4.78, 5) is 3.38. The fourth-order valence-electron chi connectivity index (χ4n) is 2.69. The Morgan fingerprint density at radius 3 is 2.24 bits per heavy atom. The third-order valence-electron chi connectivity index (χ3n) is 4.10. The zero-order chi connectivity index (χ0) is 20.6. The zero-order valence-electron chi connectivity index (χ0n) is 14.5. The molecule has 0 atom stereocenters. The molecular formula is C19H12F3N3O3S. The Morgan fingerprint density at radius 2 is 1.59 bits per heavy atom. The van der Waals surface area contributed by atoms with E-state index in [2.05, 4.69) is 19.4 Å². The molecule has 1 N–H and O–H groups in total. The van der Waals surface area contributed by atoms with Crippen LogP contribution in [0.1, 0.15) is 5.89 Å². The predicted octanol–water partition coefficient (Wildman–Crippen LogP) is 4.71. The van der Waals surface area contributed by atoms with Crippen molar-refractivity contribution in [3.8, 4) is 11.4 Å². The number of fused-ring (bicyclic) bond motifs is 1. The molecular weight excluding hydrogens is 407 g/mol. The summed E-state index contributed by atoms with van der Waals surface area (Å²) in [5.41, 5.74) is 0.486. The molecule has 0 aliphatic rings. The van der Waals surface area contributed by atoms with Gasteiger partial charge in [-0.2, -0.15) is 18.2 Å². The average molecular weight is 419 g/mol. The molecule has 148 valence electrons. The molecule has 0 spiro atoms. The third kappa shape index (κ3) is 3.92. The number of rotatable bonds is 4. The summed E-state index contributed by atoms with van der Waals surface area (Å²) in [6, 6.07) is 17.7. The Balaban J connectivity index is 1.56. The van der Waals surface area contributed by atoms with Crippen molar-refractivity contribution < 1.29 is 26.1 Å². The van der Waals surface area contributed by atoms with Crippen molar-refractivity contribution in [2.45, 2.75) is 11.1 Å². The van der Waals surface area contributed by atoms with Crippen molar-refractivity contribution in [3.63, 3.8) is 0 Å². The van der Waals surface area contributed by atoms with Crippen LogP contribution in [0, 0.1) is 0 Å². The molecule has 0 unspecified atom stereocenters. The van der Waals surface area contributed by atoms with Crippen molar-refractivity contribution in [2.24, 2.45) is 0 Å². The number of nitrogens with one attached hydrogen (secondary N) is 1. The smallest absolute Gasteiger partial charge is 0.329 e. The molecule has 0 saturated carbocycles. The van der Waals surface area contributed by atoms with Crippen molar-refractivity contribution in [1.82, 2.24) is 10.1 Å². The highest BCUT2D eigenvalue weighted by Gasteiger charge is 2.38. The van der Waals surface area contributed by atoms with Crippen LogP contribution >= 0.6 is 0 Å². The Hall–Kier alpha value is -3.40. The molecule has 6 nitrogen and oxygen atoms in total. The lowest BCUT2D eigenvalue weighted by Gasteiger charge is -2.09. The molecule has 4 aromatic rings. The van der Waals surface area contributed by atoms with Crippen LogP contribution in [0.15, 0.2) is 76.1 Å². The molecule has 0 amide bonds. The fourth-order valence-corrected chi connectivity index (χ4v) is 3.79. The van der Waals surface area contributed by atoms with E-state index in [9.17, 15) is 21.6 Å². The first kappa shape index (κ1) is 18.9. The van der Waals surface area contributed by atoms with Crippen LogP contribution in [0.25, 0.3) is 22.2 Å². The lowest BCUT2D eigenvalue weighted by molar-refractivity contribution is -0.159. The van der Waals surface area contributed by atoms with Crippen molar-refractivity contribution >= 4 is 26.5 Å². The van der Waals surface area contributed by atoms with Gasteiger partial charge in [0.1, 0.15) is 0 Å². The minimum absolute atomic E-state index is 0.0910. The minimum Gasteiger partial charge on any atom is -0.329 e. The maximum absolute atomic E-state index is 12.6. The monoisotopic (exact) mass is 419 g/mol. The van der Waals surface area contributed by atoms with Crippen LogP contribution < -0.4 is 4.72 Å². The largest absolute Gasteiger partial charge is 0.471 e. The molecule has 10 heteroatoms. The summed E-state index contributed by atoms with van der Waals surface area (Å²) in [7, 11) is -3.85. The molecule has 0 aliphatic heterocycles. The van der Waals surface area contributed by atoms with Gasteiger partial charge in [0.05, 0.1) is 4.90 Å². The molecule has 3 aromatic carbocycles. The molecule has 0 saturated heterocycles. The van der Waals surface area contributed by atoms with Gasteiger partial charge >= 0.3 is 12.1 Å². The van der Waals surface area contributed by atoms with Crippen LogP contribution in [0.4, 0.5) is 18.9 Å². The number of alkyl halides is 3. The van der Waals surface area contributed by atoms with Gasteiger partial charge in [0.25, 0.3) is 10.0 Å². The van der Waals surface area contributed by atoms with Crippen molar-refractivity contribution in [2.75, 3.05) is 4.72 Å². The number of anilines is 1. The molecule has 29 heavy (non-hydrogen) atoms. The normalized spacial score (nSPS) is 12.2. The summed E-state index contributed by atoms with van der Waals surface area (Å²) in [6.07, 6.45) is -4.74. The SMILES string of the molecule is O=S(=O)(Nc1ccc(-c2noc(C(F)(F)F)n2)cc1)c1ccc2ccccc2c1. The average Bonchev–Trinajstić information content (AvgIpc) is 3.19. The maximum Gasteiger partial charge on any atom is 0.471 e. The summed E-state index contributed by atoms with van der Waals surface area (Å²) in [5.74, 6) is -1.70. The minimum atomic E-state index is -4.74. The standard InChI is InChI=1S/C19H12F3N3O3S/c20-19(21,22)18-23-17(24-28-18)13-5-8-15(9-6-13)25-29(26,27)16-10-7-12-3-1-2-4-14(12)11-16/h1-11,25H. The van der Waals surface area contributed by atoms with E-state index in [0.717, 1.165) is 10.8 Å². The number of halogens is 3. The molecule has 0 bridgehead atoms. The first-order valence-corrected chi connectivity index (χ1v) is 9.74. The van der Waals surface area contributed by atoms with Crippen molar-refractivity contribution in [1.29, 1.82) is 0 Å². The van der Waals surface area contributed by atoms with E-state index in [1.165, 1.54) is 30.3 Å². The summed E-state index contributed by atoms with van der Waals surface area (Å²) in [6.45, 7) is 0. The van der Waals surface area contributed by atoms with Crippen LogP contribution in [-0.4, -0.2) is 18.6 Å². The van der Waals surface area contributed by atoms with Gasteiger partial charge in [-0.3, -0.25) is 4.72 Å². The van der Waals surface area contributed by atoms with Gasteiger partial charge in [-0.1, -0.05) is 35.5 Å². The molecule has 0 radical (unpaired) electrons. The summed E-state index contributed by atoms with van der Waals surface area (Å²) >= 11 is 0. The van der Waals surface area contributed by atoms with E-state index < -0.39 is 22.1 Å². The quantitative estimate of drug-likeness (QED) is 0.518. The number of aromatic nitrogens is 2. The first-order chi connectivity index (χ1) is 13.7. The van der Waals surface area contributed by atoms with Crippen LogP contribution in [0.2, 0.25) is 0 Å². The number of nitrogens with zero attached hydrogens (tertiary/aromatic N) is 2. The van der Waals surface area contributed by atoms with Gasteiger partial charge in [-0.15, -0.1) is 0 Å². The van der Waals surface area contributed by atoms with Gasteiger partial charge in [0.15, 0.2) is 0 Å². The van der Waals surface area contributed by atoms with Crippen molar-refractivity contribution in [3.05, 3.63) is 72.6 Å². The van der Waals surface area contributed by atoms with Gasteiger partial charge < -0.3 is 4.52 Å². The van der Waals surface area contributed by atoms with Gasteiger partial charge in [-0.05, 0) is 47.2 Å². The Labute approximate surface area is 163 Å². The van der Waals surface area contributed by atoms with Crippen LogP contribution in [-0.2, 0) is 16.2 Å². The Morgan fingerprint density at radius 1 is 0.897 bits per heavy atom. The summed E-state index contributed by atoms with van der Waals surface area (Å²) in [5, 5.41) is 4.98. The number of hydrogen-bond donors (Lipinski definition) is 1. The summed E-state index contributed by atoms with van der Waals surface area (Å²) < 4.78 is 69.6. The van der Waals surface area contributed by atoms with E-state index in [1.54, 1.807) is 12.1 Å². The first-order valence-electron chi connectivity index (χ1n) is 8.25. The number of sulfonamides is 1. The Kier molecular flexibility index (Phi) is 4.50. The second-order valence-electron chi connectivity index (χ2n) is 6.11. The highest BCUT2D eigenvalue weighted by Crippen LogP contribution is 2.30. The zero-order valence-corrected chi connectivity index (χ0v) is 15.3. The second-order valence-corrected chi connectivity index (χ2v) is 7.80. The van der Waals surface area contributed by atoms with E-state index in [4.69, 9.17) is 0 Å². The molecule has 1 aromatic heterocycles. The number of hydrogen-bond acceptors (Lipinski definition) is 5. The van der Waals surface area contributed by atoms with Gasteiger partial charge in [-0.25, -0.2) is 8.42 Å². The van der Waals surface area contributed by atoms with E-state index in [1.807, 2.05) is 24.3 Å². The lowest BCUT2D eigenvalue weighted by atomic mass is 10.1. The highest BCUT2D eigenvalue weighted by molar-refractivity contribution is 7.92. The maximum atomic E-state index is 12.6. The predicted molar refractivity (Wildman–Crippen MR) is 99.5 cm³/mol. The lowest BCUT2D eigenvalue weighted by Crippen LogP contribution is -2.12.